The number of hydrogen-bond acceptors (Lipinski definition) is 5. The van der Waals surface area contributed by atoms with Gasteiger partial charge in [0, 0.05) is 11.1 Å². The second-order valence-corrected chi connectivity index (χ2v) is 6.28. The van der Waals surface area contributed by atoms with Gasteiger partial charge in [0.2, 0.25) is 5.95 Å². The van der Waals surface area contributed by atoms with Crippen LogP contribution in [0.15, 0.2) is 71.3 Å². The molecule has 0 atom stereocenters. The number of furan rings is 1. The van der Waals surface area contributed by atoms with Crippen molar-refractivity contribution in [2.24, 2.45) is 0 Å². The highest BCUT2D eigenvalue weighted by Crippen LogP contribution is 2.20. The third-order valence-electron chi connectivity index (χ3n) is 4.20. The molecule has 0 fully saturated rings. The van der Waals surface area contributed by atoms with Gasteiger partial charge in [-0.2, -0.15) is 9.67 Å². The molecule has 0 unspecified atom stereocenters. The normalized spacial score (nSPS) is 10.8. The van der Waals surface area contributed by atoms with Crippen molar-refractivity contribution in [1.82, 2.24) is 14.8 Å². The molecule has 0 amide bonds. The van der Waals surface area contributed by atoms with E-state index in [0.717, 1.165) is 11.1 Å². The Bertz CT molecular complexity index is 1080. The molecule has 2 heterocycles. The van der Waals surface area contributed by atoms with Crippen LogP contribution in [0.5, 0.6) is 0 Å². The quantitative estimate of drug-likeness (QED) is 0.563. The van der Waals surface area contributed by atoms with Crippen molar-refractivity contribution in [2.45, 2.75) is 13.5 Å². The predicted molar refractivity (Wildman–Crippen MR) is 102 cm³/mol. The molecule has 28 heavy (non-hydrogen) atoms. The fraction of sp³-hybridized carbons (Fsp3) is 0.0952. The molecule has 4 aromatic rings. The molecule has 0 bridgehead atoms. The lowest BCUT2D eigenvalue weighted by Gasteiger charge is -2.06. The maximum absolute atomic E-state index is 13.2. The van der Waals surface area contributed by atoms with Gasteiger partial charge in [-0.15, -0.1) is 5.10 Å². The Labute approximate surface area is 160 Å². The topological polar surface area (TPSA) is 73.0 Å². The molecule has 2 aromatic carbocycles. The lowest BCUT2D eigenvalue weighted by atomic mass is 10.1. The Morgan fingerprint density at radius 2 is 1.86 bits per heavy atom. The van der Waals surface area contributed by atoms with E-state index in [4.69, 9.17) is 4.42 Å². The molecule has 0 saturated carbocycles. The molecule has 0 aliphatic heterocycles. The molecule has 7 heteroatoms. The summed E-state index contributed by atoms with van der Waals surface area (Å²) < 4.78 is 19.7. The van der Waals surface area contributed by atoms with Crippen molar-refractivity contribution >= 4 is 11.9 Å². The maximum atomic E-state index is 13.2. The number of hydrogen-bond donors (Lipinski definition) is 1. The summed E-state index contributed by atoms with van der Waals surface area (Å²) in [5.41, 5.74) is 2.21. The summed E-state index contributed by atoms with van der Waals surface area (Å²) in [6.07, 6.45) is 1.57. The van der Waals surface area contributed by atoms with Crippen molar-refractivity contribution in [3.8, 4) is 11.4 Å². The minimum absolute atomic E-state index is 0.279. The van der Waals surface area contributed by atoms with Gasteiger partial charge in [0.1, 0.15) is 11.6 Å². The van der Waals surface area contributed by atoms with Crippen LogP contribution in [-0.4, -0.2) is 20.7 Å². The van der Waals surface area contributed by atoms with Crippen molar-refractivity contribution in [1.29, 1.82) is 0 Å². The van der Waals surface area contributed by atoms with E-state index in [1.807, 2.05) is 37.3 Å². The number of anilines is 1. The summed E-state index contributed by atoms with van der Waals surface area (Å²) in [5.74, 6) is 0.568. The van der Waals surface area contributed by atoms with E-state index in [9.17, 15) is 9.18 Å². The zero-order chi connectivity index (χ0) is 19.5. The van der Waals surface area contributed by atoms with Gasteiger partial charge >= 0.3 is 0 Å². The molecule has 1 N–H and O–H groups in total. The highest BCUT2D eigenvalue weighted by Gasteiger charge is 2.19. The van der Waals surface area contributed by atoms with E-state index in [2.05, 4.69) is 15.4 Å². The van der Waals surface area contributed by atoms with E-state index < -0.39 is 11.7 Å². The number of aryl methyl sites for hydroxylation is 1. The molecule has 4 rings (SSSR count). The highest BCUT2D eigenvalue weighted by molar-refractivity contribution is 5.97. The minimum Gasteiger partial charge on any atom is -0.467 e. The molecule has 140 valence electrons. The van der Waals surface area contributed by atoms with Crippen molar-refractivity contribution in [3.05, 3.63) is 89.6 Å². The van der Waals surface area contributed by atoms with E-state index in [-0.39, 0.29) is 5.95 Å². The van der Waals surface area contributed by atoms with Gasteiger partial charge in [-0.1, -0.05) is 29.8 Å². The third-order valence-corrected chi connectivity index (χ3v) is 4.20. The van der Waals surface area contributed by atoms with E-state index >= 15 is 0 Å². The summed E-state index contributed by atoms with van der Waals surface area (Å²) in [6, 6.07) is 16.6. The minimum atomic E-state index is -0.411. The average Bonchev–Trinajstić information content (AvgIpc) is 3.37. The molecule has 0 aliphatic rings. The molecule has 0 saturated heterocycles. The molecule has 0 aliphatic carbocycles. The van der Waals surface area contributed by atoms with Gasteiger partial charge in [-0.05, 0) is 43.3 Å². The van der Waals surface area contributed by atoms with E-state index in [0.29, 0.717) is 23.7 Å². The zero-order valence-electron chi connectivity index (χ0n) is 15.1. The molecular weight excluding hydrogens is 359 g/mol. The fourth-order valence-corrected chi connectivity index (χ4v) is 2.69. The number of aromatic nitrogens is 3. The second kappa shape index (κ2) is 7.48. The molecule has 0 radical (unpaired) electrons. The predicted octanol–water partition coefficient (Wildman–Crippen LogP) is 4.29. The van der Waals surface area contributed by atoms with E-state index in [1.54, 1.807) is 12.3 Å². The van der Waals surface area contributed by atoms with Crippen molar-refractivity contribution in [2.75, 3.05) is 5.32 Å². The first-order valence-corrected chi connectivity index (χ1v) is 8.71. The summed E-state index contributed by atoms with van der Waals surface area (Å²) in [7, 11) is 0. The molecule has 0 spiro atoms. The molecular formula is C21H17FN4O2. The third kappa shape index (κ3) is 3.68. The maximum Gasteiger partial charge on any atom is 0.281 e. The largest absolute Gasteiger partial charge is 0.467 e. The van der Waals surface area contributed by atoms with Crippen LogP contribution >= 0.6 is 0 Å². The Balaban J connectivity index is 1.70. The van der Waals surface area contributed by atoms with Crippen LogP contribution in [0.3, 0.4) is 0 Å². The summed E-state index contributed by atoms with van der Waals surface area (Å²) in [4.78, 5) is 17.4. The van der Waals surface area contributed by atoms with Crippen LogP contribution < -0.4 is 5.32 Å². The second-order valence-electron chi connectivity index (χ2n) is 6.28. The lowest BCUT2D eigenvalue weighted by molar-refractivity contribution is 0.0947. The Morgan fingerprint density at radius 3 is 2.54 bits per heavy atom. The van der Waals surface area contributed by atoms with Gasteiger partial charge in [-0.25, -0.2) is 4.39 Å². The van der Waals surface area contributed by atoms with Gasteiger partial charge in [0.05, 0.1) is 12.8 Å². The Morgan fingerprint density at radius 1 is 1.11 bits per heavy atom. The van der Waals surface area contributed by atoms with Gasteiger partial charge < -0.3 is 9.73 Å². The Hall–Kier alpha value is -3.74. The standard InChI is InChI=1S/C21H17FN4O2/c1-14-4-6-15(7-5-14)19-24-21(23-13-18-3-2-12-28-18)26(25-19)20(27)16-8-10-17(22)11-9-16/h2-12H,13H2,1H3,(H,23,24,25). The van der Waals surface area contributed by atoms with Crippen LogP contribution in [-0.2, 0) is 6.54 Å². The summed E-state index contributed by atoms with van der Waals surface area (Å²) in [6.45, 7) is 2.33. The van der Waals surface area contributed by atoms with Crippen LogP contribution in [0.2, 0.25) is 0 Å². The summed E-state index contributed by atoms with van der Waals surface area (Å²) in [5, 5.41) is 7.46. The number of benzene rings is 2. The van der Waals surface area contributed by atoms with E-state index in [1.165, 1.54) is 28.9 Å². The zero-order valence-corrected chi connectivity index (χ0v) is 15.1. The first kappa shape index (κ1) is 17.7. The first-order valence-electron chi connectivity index (χ1n) is 8.71. The van der Waals surface area contributed by atoms with Crippen LogP contribution in [0.25, 0.3) is 11.4 Å². The first-order chi connectivity index (χ1) is 13.6. The molecule has 2 aromatic heterocycles. The SMILES string of the molecule is Cc1ccc(-c2nc(NCc3ccco3)n(C(=O)c3ccc(F)cc3)n2)cc1. The number of nitrogens with one attached hydrogen (secondary N) is 1. The van der Waals surface area contributed by atoms with Crippen molar-refractivity contribution in [3.63, 3.8) is 0 Å². The average molecular weight is 376 g/mol. The Kier molecular flexibility index (Phi) is 4.72. The van der Waals surface area contributed by atoms with Crippen LogP contribution in [0.1, 0.15) is 21.7 Å². The number of carbonyl (C=O) groups is 1. The molecule has 6 nitrogen and oxygen atoms in total. The van der Waals surface area contributed by atoms with Gasteiger partial charge in [0.25, 0.3) is 5.91 Å². The number of nitrogens with zero attached hydrogens (tertiary/aromatic N) is 3. The van der Waals surface area contributed by atoms with Crippen molar-refractivity contribution < 1.29 is 13.6 Å². The lowest BCUT2D eigenvalue weighted by Crippen LogP contribution is -2.17. The van der Waals surface area contributed by atoms with Crippen LogP contribution in [0.4, 0.5) is 10.3 Å². The smallest absolute Gasteiger partial charge is 0.281 e. The summed E-state index contributed by atoms with van der Waals surface area (Å²) >= 11 is 0. The monoisotopic (exact) mass is 376 g/mol. The van der Waals surface area contributed by atoms with Crippen LogP contribution in [0, 0.1) is 12.7 Å². The number of carbonyl (C=O) groups excluding carboxylic acids is 1. The number of rotatable bonds is 5. The van der Waals surface area contributed by atoms with Gasteiger partial charge in [0.15, 0.2) is 5.82 Å². The fourth-order valence-electron chi connectivity index (χ4n) is 2.69. The number of halogens is 1. The van der Waals surface area contributed by atoms with Gasteiger partial charge in [-0.3, -0.25) is 4.79 Å². The highest BCUT2D eigenvalue weighted by atomic mass is 19.1.